The lowest BCUT2D eigenvalue weighted by atomic mass is 9.61. The van der Waals surface area contributed by atoms with Crippen molar-refractivity contribution in [2.24, 2.45) is 17.3 Å². The lowest BCUT2D eigenvalue weighted by Gasteiger charge is -2.42. The van der Waals surface area contributed by atoms with Crippen molar-refractivity contribution in [3.05, 3.63) is 37.0 Å². The molecule has 2 fully saturated rings. The van der Waals surface area contributed by atoms with Crippen molar-refractivity contribution in [2.45, 2.75) is 58.7 Å². The van der Waals surface area contributed by atoms with Gasteiger partial charge in [0.25, 0.3) is 0 Å². The van der Waals surface area contributed by atoms with Gasteiger partial charge in [-0.3, -0.25) is 4.79 Å². The summed E-state index contributed by atoms with van der Waals surface area (Å²) in [4.78, 5) is 12.4. The van der Waals surface area contributed by atoms with Crippen LogP contribution in [0.5, 0.6) is 0 Å². The Morgan fingerprint density at radius 1 is 1.33 bits per heavy atom. The van der Waals surface area contributed by atoms with Crippen LogP contribution in [0.2, 0.25) is 0 Å². The highest BCUT2D eigenvalue weighted by molar-refractivity contribution is 5.92. The molecule has 2 rings (SSSR count). The molecule has 2 heteroatoms. The Hall–Kier alpha value is -1.15. The Kier molecular flexibility index (Phi) is 4.30. The second-order valence-corrected chi connectivity index (χ2v) is 7.48. The zero-order chi connectivity index (χ0) is 15.8. The molecular formula is C19H28O2. The van der Waals surface area contributed by atoms with Gasteiger partial charge in [0, 0.05) is 5.92 Å². The quantitative estimate of drug-likeness (QED) is 0.424. The number of allylic oxidation sites excluding steroid dienone is 3. The van der Waals surface area contributed by atoms with Crippen LogP contribution < -0.4 is 0 Å². The van der Waals surface area contributed by atoms with E-state index in [0.717, 1.165) is 24.8 Å². The molecular weight excluding hydrogens is 260 g/mol. The van der Waals surface area contributed by atoms with Crippen LogP contribution in [-0.4, -0.2) is 17.5 Å². The number of ether oxygens (including phenoxy) is 1. The van der Waals surface area contributed by atoms with E-state index in [9.17, 15) is 4.79 Å². The summed E-state index contributed by atoms with van der Waals surface area (Å²) in [7, 11) is 0. The maximum Gasteiger partial charge on any atom is 0.158 e. The van der Waals surface area contributed by atoms with Crippen LogP contribution in [0.3, 0.4) is 0 Å². The predicted octanol–water partition coefficient (Wildman–Crippen LogP) is 4.47. The first kappa shape index (κ1) is 16.2. The van der Waals surface area contributed by atoms with Gasteiger partial charge in [-0.1, -0.05) is 25.2 Å². The molecule has 21 heavy (non-hydrogen) atoms. The fourth-order valence-electron chi connectivity index (χ4n) is 3.48. The van der Waals surface area contributed by atoms with E-state index >= 15 is 0 Å². The molecule has 1 saturated heterocycles. The average molecular weight is 288 g/mol. The van der Waals surface area contributed by atoms with Crippen molar-refractivity contribution in [2.75, 3.05) is 0 Å². The van der Waals surface area contributed by atoms with E-state index < -0.39 is 0 Å². The highest BCUT2D eigenvalue weighted by Crippen LogP contribution is 2.47. The third-order valence-electron chi connectivity index (χ3n) is 5.31. The van der Waals surface area contributed by atoms with Gasteiger partial charge in [0.2, 0.25) is 0 Å². The standard InChI is InChI=1S/C19H28O2/c1-7-19(6)11-10-14(12-15(19)13(2)3)16(20)8-9-17-18(4,5)21-17/h7-9,14-15,17H,1-2,10-12H2,3-6H3/b9-8+/t14-,15+,17+,19-/m0/s1. The van der Waals surface area contributed by atoms with Crippen LogP contribution in [0, 0.1) is 17.3 Å². The van der Waals surface area contributed by atoms with Crippen LogP contribution in [0.25, 0.3) is 0 Å². The summed E-state index contributed by atoms with van der Waals surface area (Å²) in [5.74, 6) is 0.691. The molecule has 1 saturated carbocycles. The van der Waals surface area contributed by atoms with Gasteiger partial charge in [0.15, 0.2) is 5.78 Å². The summed E-state index contributed by atoms with van der Waals surface area (Å²) in [5.41, 5.74) is 1.14. The first-order chi connectivity index (χ1) is 9.69. The lowest BCUT2D eigenvalue weighted by Crippen LogP contribution is -2.35. The lowest BCUT2D eigenvalue weighted by molar-refractivity contribution is -0.120. The number of ketones is 1. The second-order valence-electron chi connectivity index (χ2n) is 7.48. The van der Waals surface area contributed by atoms with Gasteiger partial charge in [-0.2, -0.15) is 0 Å². The minimum Gasteiger partial charge on any atom is -0.362 e. The molecule has 1 aliphatic carbocycles. The number of epoxide rings is 1. The van der Waals surface area contributed by atoms with Gasteiger partial charge in [-0.25, -0.2) is 0 Å². The Labute approximate surface area is 129 Å². The van der Waals surface area contributed by atoms with Gasteiger partial charge in [-0.05, 0) is 63.5 Å². The van der Waals surface area contributed by atoms with Gasteiger partial charge in [0.05, 0.1) is 5.60 Å². The molecule has 0 N–H and O–H groups in total. The van der Waals surface area contributed by atoms with Crippen LogP contribution in [-0.2, 0) is 9.53 Å². The molecule has 2 nitrogen and oxygen atoms in total. The SMILES string of the molecule is C=C[C@@]1(C)CC[C@H](C(=O)/C=C/[C@H]2OC2(C)C)C[C@@H]1C(=C)C. The maximum atomic E-state index is 12.4. The van der Waals surface area contributed by atoms with Crippen LogP contribution in [0.1, 0.15) is 47.0 Å². The summed E-state index contributed by atoms with van der Waals surface area (Å²) >= 11 is 0. The Morgan fingerprint density at radius 2 is 1.95 bits per heavy atom. The Bertz CT molecular complexity index is 486. The minimum absolute atomic E-state index is 0.0773. The smallest absolute Gasteiger partial charge is 0.158 e. The van der Waals surface area contributed by atoms with Crippen molar-refractivity contribution >= 4 is 5.78 Å². The van der Waals surface area contributed by atoms with Gasteiger partial charge in [0.1, 0.15) is 6.10 Å². The van der Waals surface area contributed by atoms with Crippen molar-refractivity contribution < 1.29 is 9.53 Å². The van der Waals surface area contributed by atoms with E-state index in [1.165, 1.54) is 0 Å². The average Bonchev–Trinajstić information content (AvgIpc) is 3.03. The summed E-state index contributed by atoms with van der Waals surface area (Å²) in [6.07, 6.45) is 8.61. The maximum absolute atomic E-state index is 12.4. The largest absolute Gasteiger partial charge is 0.362 e. The zero-order valence-electron chi connectivity index (χ0n) is 13.8. The molecule has 0 bridgehead atoms. The Balaban J connectivity index is 2.01. The van der Waals surface area contributed by atoms with Crippen molar-refractivity contribution in [1.82, 2.24) is 0 Å². The summed E-state index contributed by atoms with van der Waals surface area (Å²) in [5, 5.41) is 0. The molecule has 0 radical (unpaired) electrons. The van der Waals surface area contributed by atoms with E-state index in [-0.39, 0.29) is 28.8 Å². The number of carbonyl (C=O) groups is 1. The minimum atomic E-state index is -0.0923. The normalized spacial score (nSPS) is 38.2. The molecule has 2 aliphatic rings. The molecule has 0 amide bonds. The fourth-order valence-corrected chi connectivity index (χ4v) is 3.48. The first-order valence-corrected chi connectivity index (χ1v) is 7.88. The summed E-state index contributed by atoms with van der Waals surface area (Å²) < 4.78 is 5.49. The molecule has 1 aliphatic heterocycles. The van der Waals surface area contributed by atoms with E-state index in [1.54, 1.807) is 6.08 Å². The van der Waals surface area contributed by atoms with Gasteiger partial charge < -0.3 is 4.74 Å². The molecule has 0 spiro atoms. The van der Waals surface area contributed by atoms with Gasteiger partial charge in [-0.15, -0.1) is 6.58 Å². The van der Waals surface area contributed by atoms with E-state index in [4.69, 9.17) is 4.74 Å². The van der Waals surface area contributed by atoms with Crippen LogP contribution in [0.15, 0.2) is 37.0 Å². The molecule has 4 atom stereocenters. The van der Waals surface area contributed by atoms with Crippen molar-refractivity contribution in [3.8, 4) is 0 Å². The molecule has 0 aromatic rings. The van der Waals surface area contributed by atoms with Gasteiger partial charge >= 0.3 is 0 Å². The highest BCUT2D eigenvalue weighted by atomic mass is 16.6. The summed E-state index contributed by atoms with van der Waals surface area (Å²) in [6.45, 7) is 16.5. The predicted molar refractivity (Wildman–Crippen MR) is 87.0 cm³/mol. The molecule has 0 aromatic heterocycles. The highest BCUT2D eigenvalue weighted by Gasteiger charge is 2.46. The molecule has 1 heterocycles. The molecule has 0 unspecified atom stereocenters. The fraction of sp³-hybridized carbons (Fsp3) is 0.632. The second kappa shape index (κ2) is 5.57. The third-order valence-corrected chi connectivity index (χ3v) is 5.31. The summed E-state index contributed by atoms with van der Waals surface area (Å²) in [6, 6.07) is 0. The topological polar surface area (TPSA) is 29.6 Å². The number of rotatable bonds is 5. The third kappa shape index (κ3) is 3.37. The number of hydrogen-bond acceptors (Lipinski definition) is 2. The van der Waals surface area contributed by atoms with E-state index in [1.807, 2.05) is 26.0 Å². The van der Waals surface area contributed by atoms with Crippen LogP contribution >= 0.6 is 0 Å². The zero-order valence-corrected chi connectivity index (χ0v) is 13.8. The Morgan fingerprint density at radius 3 is 2.43 bits per heavy atom. The first-order valence-electron chi connectivity index (χ1n) is 7.88. The number of hydrogen-bond donors (Lipinski definition) is 0. The monoisotopic (exact) mass is 288 g/mol. The molecule has 0 aromatic carbocycles. The number of carbonyl (C=O) groups excluding carboxylic acids is 1. The van der Waals surface area contributed by atoms with Crippen molar-refractivity contribution in [1.29, 1.82) is 0 Å². The van der Waals surface area contributed by atoms with E-state index in [2.05, 4.69) is 27.0 Å². The van der Waals surface area contributed by atoms with E-state index in [0.29, 0.717) is 5.92 Å². The molecule has 116 valence electrons. The van der Waals surface area contributed by atoms with Crippen LogP contribution in [0.4, 0.5) is 0 Å². The van der Waals surface area contributed by atoms with Crippen molar-refractivity contribution in [3.63, 3.8) is 0 Å².